The largest absolute Gasteiger partial charge is 0.494 e. The first-order valence-electron chi connectivity index (χ1n) is 9.26. The van der Waals surface area contributed by atoms with Crippen LogP contribution < -0.4 is 15.4 Å². The van der Waals surface area contributed by atoms with E-state index in [-0.39, 0.29) is 18.1 Å². The second-order valence-corrected chi connectivity index (χ2v) is 6.35. The number of carbonyl (C=O) groups is 1. The van der Waals surface area contributed by atoms with E-state index in [1.807, 2.05) is 42.5 Å². The van der Waals surface area contributed by atoms with E-state index in [0.717, 1.165) is 24.3 Å². The van der Waals surface area contributed by atoms with Gasteiger partial charge in [0.15, 0.2) is 0 Å². The molecule has 0 bridgehead atoms. The first-order chi connectivity index (χ1) is 13.7. The lowest BCUT2D eigenvalue weighted by atomic mass is 10.1. The number of para-hydroxylation sites is 1. The maximum absolute atomic E-state index is 13.6. The average Bonchev–Trinajstić information content (AvgIpc) is 2.73. The van der Waals surface area contributed by atoms with Crippen molar-refractivity contribution in [3.8, 4) is 5.75 Å². The third-order valence-electron chi connectivity index (χ3n) is 4.16. The topological polar surface area (TPSA) is 50.4 Å². The van der Waals surface area contributed by atoms with Crippen LogP contribution in [0.3, 0.4) is 0 Å². The Bertz CT molecular complexity index is 900. The van der Waals surface area contributed by atoms with E-state index in [2.05, 4.69) is 22.8 Å². The molecule has 0 saturated heterocycles. The Morgan fingerprint density at radius 2 is 1.71 bits per heavy atom. The standard InChI is InChI=1S/C23H23FN2O2/c24-21-13-4-5-14-22(21)26-23(27)17-25-19-11-6-12-20(16-19)28-15-7-10-18-8-2-1-3-9-18/h1-6,8-9,11-14,16,25H,7,10,15,17H2,(H,26,27). The maximum atomic E-state index is 13.6. The summed E-state index contributed by atoms with van der Waals surface area (Å²) in [6.07, 6.45) is 1.89. The van der Waals surface area contributed by atoms with Crippen LogP contribution in [-0.2, 0) is 11.2 Å². The van der Waals surface area contributed by atoms with E-state index >= 15 is 0 Å². The SMILES string of the molecule is O=C(CNc1cccc(OCCCc2ccccc2)c1)Nc1ccccc1F. The molecule has 3 aromatic carbocycles. The summed E-state index contributed by atoms with van der Waals surface area (Å²) >= 11 is 0. The monoisotopic (exact) mass is 378 g/mol. The van der Waals surface area contributed by atoms with Gasteiger partial charge in [-0.1, -0.05) is 48.5 Å². The predicted octanol–water partition coefficient (Wildman–Crippen LogP) is 4.89. The molecule has 0 aliphatic rings. The lowest BCUT2D eigenvalue weighted by molar-refractivity contribution is -0.114. The van der Waals surface area contributed by atoms with Crippen LogP contribution >= 0.6 is 0 Å². The molecule has 4 nitrogen and oxygen atoms in total. The number of hydrogen-bond donors (Lipinski definition) is 2. The van der Waals surface area contributed by atoms with Crippen molar-refractivity contribution < 1.29 is 13.9 Å². The molecular weight excluding hydrogens is 355 g/mol. The van der Waals surface area contributed by atoms with Crippen LogP contribution in [0.25, 0.3) is 0 Å². The quantitative estimate of drug-likeness (QED) is 0.521. The Balaban J connectivity index is 1.42. The summed E-state index contributed by atoms with van der Waals surface area (Å²) in [6.45, 7) is 0.651. The van der Waals surface area contributed by atoms with Crippen LogP contribution in [0.4, 0.5) is 15.8 Å². The van der Waals surface area contributed by atoms with Gasteiger partial charge in [0, 0.05) is 11.8 Å². The third-order valence-corrected chi connectivity index (χ3v) is 4.16. The minimum atomic E-state index is -0.457. The zero-order valence-electron chi connectivity index (χ0n) is 15.5. The molecule has 0 aliphatic heterocycles. The predicted molar refractivity (Wildman–Crippen MR) is 110 cm³/mol. The van der Waals surface area contributed by atoms with Crippen LogP contribution in [0, 0.1) is 5.82 Å². The lowest BCUT2D eigenvalue weighted by Gasteiger charge is -2.11. The van der Waals surface area contributed by atoms with Crippen molar-refractivity contribution in [2.75, 3.05) is 23.8 Å². The van der Waals surface area contributed by atoms with Crippen molar-refractivity contribution in [2.24, 2.45) is 0 Å². The number of aryl methyl sites for hydroxylation is 1. The van der Waals surface area contributed by atoms with Crippen molar-refractivity contribution in [2.45, 2.75) is 12.8 Å². The van der Waals surface area contributed by atoms with Crippen molar-refractivity contribution in [3.63, 3.8) is 0 Å². The van der Waals surface area contributed by atoms with Gasteiger partial charge in [-0.25, -0.2) is 4.39 Å². The van der Waals surface area contributed by atoms with Gasteiger partial charge >= 0.3 is 0 Å². The Kier molecular flexibility index (Phi) is 7.01. The second-order valence-electron chi connectivity index (χ2n) is 6.35. The Labute approximate surface area is 164 Å². The highest BCUT2D eigenvalue weighted by molar-refractivity contribution is 5.93. The zero-order valence-corrected chi connectivity index (χ0v) is 15.5. The molecular formula is C23H23FN2O2. The van der Waals surface area contributed by atoms with E-state index in [1.165, 1.54) is 17.7 Å². The summed E-state index contributed by atoms with van der Waals surface area (Å²) in [4.78, 5) is 12.0. The van der Waals surface area contributed by atoms with Crippen LogP contribution in [0.15, 0.2) is 78.9 Å². The molecule has 2 N–H and O–H groups in total. The molecule has 3 aromatic rings. The molecule has 0 spiro atoms. The summed E-state index contributed by atoms with van der Waals surface area (Å²) in [7, 11) is 0. The number of halogens is 1. The van der Waals surface area contributed by atoms with Gasteiger partial charge in [0.05, 0.1) is 18.8 Å². The summed E-state index contributed by atoms with van der Waals surface area (Å²) in [6, 6.07) is 23.8. The fourth-order valence-electron chi connectivity index (χ4n) is 2.75. The molecule has 3 rings (SSSR count). The number of benzene rings is 3. The minimum absolute atomic E-state index is 0.0335. The number of ether oxygens (including phenoxy) is 1. The molecule has 0 fully saturated rings. The molecule has 5 heteroatoms. The molecule has 0 aromatic heterocycles. The minimum Gasteiger partial charge on any atom is -0.494 e. The fourth-order valence-corrected chi connectivity index (χ4v) is 2.75. The van der Waals surface area contributed by atoms with E-state index in [4.69, 9.17) is 4.74 Å². The maximum Gasteiger partial charge on any atom is 0.243 e. The molecule has 0 unspecified atom stereocenters. The number of hydrogen-bond acceptors (Lipinski definition) is 3. The van der Waals surface area contributed by atoms with E-state index < -0.39 is 5.82 Å². The summed E-state index contributed by atoms with van der Waals surface area (Å²) < 4.78 is 19.4. The highest BCUT2D eigenvalue weighted by Gasteiger charge is 2.06. The van der Waals surface area contributed by atoms with Crippen molar-refractivity contribution in [1.29, 1.82) is 0 Å². The molecule has 0 saturated carbocycles. The summed E-state index contributed by atoms with van der Waals surface area (Å²) in [5.41, 5.74) is 2.23. The smallest absolute Gasteiger partial charge is 0.243 e. The number of rotatable bonds is 9. The van der Waals surface area contributed by atoms with Gasteiger partial charge in [-0.15, -0.1) is 0 Å². The highest BCUT2D eigenvalue weighted by Crippen LogP contribution is 2.18. The Hall–Kier alpha value is -3.34. The molecule has 144 valence electrons. The first-order valence-corrected chi connectivity index (χ1v) is 9.26. The van der Waals surface area contributed by atoms with Gasteiger partial charge in [0.1, 0.15) is 11.6 Å². The van der Waals surface area contributed by atoms with Crippen molar-refractivity contribution >= 4 is 17.3 Å². The molecule has 1 amide bonds. The highest BCUT2D eigenvalue weighted by atomic mass is 19.1. The fraction of sp³-hybridized carbons (Fsp3) is 0.174. The number of amides is 1. The first kappa shape index (κ1) is 19.4. The van der Waals surface area contributed by atoms with Gasteiger partial charge in [0.2, 0.25) is 5.91 Å². The molecule has 0 heterocycles. The molecule has 0 radical (unpaired) electrons. The molecule has 28 heavy (non-hydrogen) atoms. The normalized spacial score (nSPS) is 10.3. The summed E-state index contributed by atoms with van der Waals surface area (Å²) in [5.74, 6) is -0.0337. The van der Waals surface area contributed by atoms with Gasteiger partial charge in [-0.3, -0.25) is 4.79 Å². The van der Waals surface area contributed by atoms with Crippen molar-refractivity contribution in [1.82, 2.24) is 0 Å². The van der Waals surface area contributed by atoms with Crippen LogP contribution in [0.2, 0.25) is 0 Å². The van der Waals surface area contributed by atoms with Crippen LogP contribution in [0.5, 0.6) is 5.75 Å². The number of anilines is 2. The average molecular weight is 378 g/mol. The Morgan fingerprint density at radius 1 is 0.929 bits per heavy atom. The van der Waals surface area contributed by atoms with Crippen molar-refractivity contribution in [3.05, 3.63) is 90.2 Å². The summed E-state index contributed by atoms with van der Waals surface area (Å²) in [5, 5.41) is 5.57. The van der Waals surface area contributed by atoms with Gasteiger partial charge in [0.25, 0.3) is 0 Å². The van der Waals surface area contributed by atoms with E-state index in [1.54, 1.807) is 12.1 Å². The molecule has 0 aliphatic carbocycles. The number of nitrogens with one attached hydrogen (secondary N) is 2. The zero-order chi connectivity index (χ0) is 19.6. The van der Waals surface area contributed by atoms with E-state index in [0.29, 0.717) is 6.61 Å². The van der Waals surface area contributed by atoms with E-state index in [9.17, 15) is 9.18 Å². The van der Waals surface area contributed by atoms with Crippen LogP contribution in [-0.4, -0.2) is 19.1 Å². The Morgan fingerprint density at radius 3 is 2.54 bits per heavy atom. The van der Waals surface area contributed by atoms with Crippen LogP contribution in [0.1, 0.15) is 12.0 Å². The third kappa shape index (κ3) is 6.13. The van der Waals surface area contributed by atoms with Gasteiger partial charge < -0.3 is 15.4 Å². The lowest BCUT2D eigenvalue weighted by Crippen LogP contribution is -2.22. The van der Waals surface area contributed by atoms with Gasteiger partial charge in [-0.05, 0) is 42.7 Å². The van der Waals surface area contributed by atoms with Gasteiger partial charge in [-0.2, -0.15) is 0 Å². The molecule has 0 atom stereocenters. The number of carbonyl (C=O) groups excluding carboxylic acids is 1. The second kappa shape index (κ2) is 10.1.